The average molecular weight is 391 g/mol. The Kier molecular flexibility index (Phi) is 4.51. The van der Waals surface area contributed by atoms with Crippen molar-refractivity contribution in [1.82, 2.24) is 28.7 Å². The third-order valence-electron chi connectivity index (χ3n) is 4.50. The largest absolute Gasteiger partial charge is 0.332 e. The van der Waals surface area contributed by atoms with E-state index in [4.69, 9.17) is 0 Å². The second-order valence-electron chi connectivity index (χ2n) is 6.46. The first-order valence-electron chi connectivity index (χ1n) is 8.74. The van der Waals surface area contributed by atoms with E-state index in [1.807, 2.05) is 30.3 Å². The Bertz CT molecular complexity index is 1320. The molecule has 0 fully saturated rings. The maximum absolute atomic E-state index is 12.4. The first-order chi connectivity index (χ1) is 14.0. The summed E-state index contributed by atoms with van der Waals surface area (Å²) in [6.07, 6.45) is 4.39. The van der Waals surface area contributed by atoms with Gasteiger partial charge >= 0.3 is 5.69 Å². The van der Waals surface area contributed by atoms with Crippen molar-refractivity contribution < 1.29 is 4.79 Å². The van der Waals surface area contributed by atoms with E-state index in [0.717, 1.165) is 10.1 Å². The summed E-state index contributed by atoms with van der Waals surface area (Å²) in [6, 6.07) is 9.48. The highest BCUT2D eigenvalue weighted by molar-refractivity contribution is 5.91. The molecular weight excluding hydrogens is 374 g/mol. The predicted octanol–water partition coefficient (Wildman–Crippen LogP) is 0.529. The van der Waals surface area contributed by atoms with Gasteiger partial charge in [0.05, 0.1) is 24.4 Å². The van der Waals surface area contributed by atoms with Gasteiger partial charge in [-0.25, -0.2) is 19.7 Å². The summed E-state index contributed by atoms with van der Waals surface area (Å²) >= 11 is 0. The first-order valence-corrected chi connectivity index (χ1v) is 8.74. The zero-order valence-corrected chi connectivity index (χ0v) is 15.7. The number of nitrogens with one attached hydrogen (secondary N) is 1. The molecule has 0 saturated carbocycles. The quantitative estimate of drug-likeness (QED) is 0.542. The molecule has 0 saturated heterocycles. The monoisotopic (exact) mass is 391 g/mol. The number of hydrogen-bond donors (Lipinski definition) is 1. The summed E-state index contributed by atoms with van der Waals surface area (Å²) in [7, 11) is 2.90. The summed E-state index contributed by atoms with van der Waals surface area (Å²) in [4.78, 5) is 49.5. The molecule has 1 aromatic carbocycles. The van der Waals surface area contributed by atoms with Crippen LogP contribution in [0, 0.1) is 0 Å². The number of nitrogens with zero attached hydrogens (tertiary/aromatic N) is 6. The molecule has 10 heteroatoms. The molecule has 0 atom stereocenters. The van der Waals surface area contributed by atoms with Gasteiger partial charge in [0.25, 0.3) is 5.56 Å². The summed E-state index contributed by atoms with van der Waals surface area (Å²) < 4.78 is 3.65. The number of amides is 1. The number of carbonyl (C=O) groups excluding carboxylic acids is 1. The van der Waals surface area contributed by atoms with Gasteiger partial charge in [-0.15, -0.1) is 0 Å². The van der Waals surface area contributed by atoms with Crippen molar-refractivity contribution in [3.8, 4) is 11.4 Å². The Morgan fingerprint density at radius 1 is 1.00 bits per heavy atom. The molecule has 4 aromatic rings. The van der Waals surface area contributed by atoms with E-state index in [9.17, 15) is 14.4 Å². The van der Waals surface area contributed by atoms with Gasteiger partial charge in [0.1, 0.15) is 6.54 Å². The Labute approximate surface area is 164 Å². The second kappa shape index (κ2) is 7.15. The van der Waals surface area contributed by atoms with Crippen LogP contribution in [-0.4, -0.2) is 34.6 Å². The van der Waals surface area contributed by atoms with Gasteiger partial charge in [-0.05, 0) is 0 Å². The number of benzene rings is 1. The van der Waals surface area contributed by atoms with Crippen LogP contribution in [0.25, 0.3) is 22.6 Å². The van der Waals surface area contributed by atoms with Crippen molar-refractivity contribution in [3.05, 3.63) is 69.9 Å². The Hall–Kier alpha value is -4.08. The SMILES string of the molecule is Cn1c(=O)c2c(ncn2CC(=O)Nc2cnc(-c3ccccc3)nc2)n(C)c1=O. The van der Waals surface area contributed by atoms with Crippen LogP contribution in [0.15, 0.2) is 58.6 Å². The predicted molar refractivity (Wildman–Crippen MR) is 106 cm³/mol. The maximum atomic E-state index is 12.4. The highest BCUT2D eigenvalue weighted by Crippen LogP contribution is 2.15. The Balaban J connectivity index is 1.55. The van der Waals surface area contributed by atoms with Crippen LogP contribution in [0.3, 0.4) is 0 Å². The molecule has 0 unspecified atom stereocenters. The van der Waals surface area contributed by atoms with Gasteiger partial charge in [0, 0.05) is 19.7 Å². The van der Waals surface area contributed by atoms with E-state index < -0.39 is 11.2 Å². The molecule has 0 radical (unpaired) electrons. The van der Waals surface area contributed by atoms with Gasteiger partial charge < -0.3 is 9.88 Å². The van der Waals surface area contributed by atoms with Crippen molar-refractivity contribution in [2.45, 2.75) is 6.54 Å². The van der Waals surface area contributed by atoms with Crippen molar-refractivity contribution in [2.24, 2.45) is 14.1 Å². The molecule has 29 heavy (non-hydrogen) atoms. The molecule has 4 rings (SSSR count). The normalized spacial score (nSPS) is 11.0. The van der Waals surface area contributed by atoms with Gasteiger partial charge in [-0.2, -0.15) is 0 Å². The van der Waals surface area contributed by atoms with E-state index >= 15 is 0 Å². The van der Waals surface area contributed by atoms with Crippen LogP contribution in [-0.2, 0) is 25.4 Å². The molecule has 1 amide bonds. The number of carbonyl (C=O) groups is 1. The van der Waals surface area contributed by atoms with Gasteiger partial charge in [-0.1, -0.05) is 30.3 Å². The zero-order chi connectivity index (χ0) is 20.5. The van der Waals surface area contributed by atoms with E-state index in [-0.39, 0.29) is 23.6 Å². The smallest absolute Gasteiger partial charge is 0.322 e. The van der Waals surface area contributed by atoms with Crippen LogP contribution >= 0.6 is 0 Å². The number of aryl methyl sites for hydroxylation is 1. The van der Waals surface area contributed by atoms with E-state index in [0.29, 0.717) is 11.5 Å². The molecule has 1 N–H and O–H groups in total. The van der Waals surface area contributed by atoms with Crippen LogP contribution in [0.1, 0.15) is 0 Å². The fourth-order valence-electron chi connectivity index (χ4n) is 3.00. The number of anilines is 1. The standard InChI is InChI=1S/C19H17N7O3/c1-24-17-15(18(28)25(2)19(24)29)26(11-22-17)10-14(27)23-13-8-20-16(21-9-13)12-6-4-3-5-7-12/h3-9,11H,10H2,1-2H3,(H,23,27). The molecule has 0 aliphatic heterocycles. The van der Waals surface area contributed by atoms with Crippen molar-refractivity contribution in [2.75, 3.05) is 5.32 Å². The van der Waals surface area contributed by atoms with Crippen molar-refractivity contribution in [3.63, 3.8) is 0 Å². The average Bonchev–Trinajstić information content (AvgIpc) is 3.15. The van der Waals surface area contributed by atoms with Gasteiger partial charge in [0.15, 0.2) is 17.0 Å². The van der Waals surface area contributed by atoms with Gasteiger partial charge in [-0.3, -0.25) is 18.7 Å². The van der Waals surface area contributed by atoms with Crippen molar-refractivity contribution in [1.29, 1.82) is 0 Å². The second-order valence-corrected chi connectivity index (χ2v) is 6.46. The topological polar surface area (TPSA) is 117 Å². The molecule has 0 spiro atoms. The lowest BCUT2D eigenvalue weighted by Crippen LogP contribution is -2.37. The first kappa shape index (κ1) is 18.3. The minimum atomic E-state index is -0.510. The number of rotatable bonds is 4. The molecule has 0 aliphatic rings. The molecule has 3 heterocycles. The minimum Gasteiger partial charge on any atom is -0.322 e. The minimum absolute atomic E-state index is 0.148. The van der Waals surface area contributed by atoms with Crippen LogP contribution in [0.5, 0.6) is 0 Å². The van der Waals surface area contributed by atoms with Crippen LogP contribution in [0.4, 0.5) is 5.69 Å². The molecule has 0 aliphatic carbocycles. The third kappa shape index (κ3) is 3.31. The van der Waals surface area contributed by atoms with Crippen LogP contribution < -0.4 is 16.6 Å². The third-order valence-corrected chi connectivity index (χ3v) is 4.50. The summed E-state index contributed by atoms with van der Waals surface area (Å²) in [5.41, 5.74) is 0.717. The molecular formula is C19H17N7O3. The van der Waals surface area contributed by atoms with Crippen LogP contribution in [0.2, 0.25) is 0 Å². The fraction of sp³-hybridized carbons (Fsp3) is 0.158. The molecule has 3 aromatic heterocycles. The van der Waals surface area contributed by atoms with E-state index in [1.165, 1.54) is 42.0 Å². The fourth-order valence-corrected chi connectivity index (χ4v) is 3.00. The zero-order valence-electron chi connectivity index (χ0n) is 15.7. The number of hydrogen-bond acceptors (Lipinski definition) is 6. The van der Waals surface area contributed by atoms with Crippen molar-refractivity contribution >= 4 is 22.8 Å². The lowest BCUT2D eigenvalue weighted by Gasteiger charge is -2.08. The highest BCUT2D eigenvalue weighted by Gasteiger charge is 2.16. The Morgan fingerprint density at radius 2 is 1.69 bits per heavy atom. The molecule has 146 valence electrons. The summed E-state index contributed by atoms with van der Waals surface area (Å²) in [5.74, 6) is 0.171. The number of imidazole rings is 1. The Morgan fingerprint density at radius 3 is 2.38 bits per heavy atom. The number of fused-ring (bicyclic) bond motifs is 1. The lowest BCUT2D eigenvalue weighted by molar-refractivity contribution is -0.116. The summed E-state index contributed by atoms with van der Waals surface area (Å²) in [6.45, 7) is -0.148. The molecule has 0 bridgehead atoms. The molecule has 10 nitrogen and oxygen atoms in total. The number of aromatic nitrogens is 6. The summed E-state index contributed by atoms with van der Waals surface area (Å²) in [5, 5.41) is 2.69. The lowest BCUT2D eigenvalue weighted by atomic mass is 10.2. The van der Waals surface area contributed by atoms with Gasteiger partial charge in [0.2, 0.25) is 5.91 Å². The highest BCUT2D eigenvalue weighted by atomic mass is 16.2. The van der Waals surface area contributed by atoms with E-state index in [2.05, 4.69) is 20.3 Å². The maximum Gasteiger partial charge on any atom is 0.332 e. The van der Waals surface area contributed by atoms with E-state index in [1.54, 1.807) is 0 Å².